The van der Waals surface area contributed by atoms with Gasteiger partial charge in [0, 0.05) is 50.3 Å². The fourth-order valence-corrected chi connectivity index (χ4v) is 3.95. The van der Waals surface area contributed by atoms with Crippen LogP contribution in [0.5, 0.6) is 0 Å². The van der Waals surface area contributed by atoms with E-state index in [1.165, 1.54) is 0 Å². The molecular weight excluding hydrogens is 292 g/mol. The smallest absolute Gasteiger partial charge is 0.222 e. The third kappa shape index (κ3) is 3.26. The lowest BCUT2D eigenvalue weighted by molar-refractivity contribution is -0.210. The molecule has 1 saturated heterocycles. The van der Waals surface area contributed by atoms with Gasteiger partial charge >= 0.3 is 0 Å². The summed E-state index contributed by atoms with van der Waals surface area (Å²) in [4.78, 5) is 18.3. The van der Waals surface area contributed by atoms with Crippen LogP contribution in [0.1, 0.15) is 38.2 Å². The molecule has 0 bridgehead atoms. The van der Waals surface area contributed by atoms with Crippen molar-refractivity contribution in [3.05, 3.63) is 30.1 Å². The molecule has 0 aromatic carbocycles. The molecule has 0 radical (unpaired) electrons. The fourth-order valence-electron chi connectivity index (χ4n) is 3.95. The van der Waals surface area contributed by atoms with Gasteiger partial charge < -0.3 is 14.7 Å². The van der Waals surface area contributed by atoms with Gasteiger partial charge in [-0.3, -0.25) is 9.78 Å². The van der Waals surface area contributed by atoms with E-state index >= 15 is 0 Å². The molecule has 126 valence electrons. The largest absolute Gasteiger partial charge is 0.392 e. The molecule has 5 nitrogen and oxygen atoms in total. The molecule has 1 aliphatic heterocycles. The maximum Gasteiger partial charge on any atom is 0.222 e. The highest BCUT2D eigenvalue weighted by Crippen LogP contribution is 2.50. The number of aromatic nitrogens is 1. The van der Waals surface area contributed by atoms with E-state index in [1.54, 1.807) is 12.4 Å². The molecule has 1 aliphatic carbocycles. The first-order chi connectivity index (χ1) is 11.2. The number of piperidine rings is 1. The van der Waals surface area contributed by atoms with Crippen LogP contribution in [0.3, 0.4) is 0 Å². The number of aryl methyl sites for hydroxylation is 1. The van der Waals surface area contributed by atoms with E-state index in [9.17, 15) is 9.90 Å². The highest BCUT2D eigenvalue weighted by Gasteiger charge is 2.56. The van der Waals surface area contributed by atoms with Crippen LogP contribution in [-0.4, -0.2) is 52.8 Å². The Bertz CT molecular complexity index is 524. The number of carbonyl (C=O) groups excluding carboxylic acids is 1. The van der Waals surface area contributed by atoms with E-state index in [4.69, 9.17) is 4.74 Å². The van der Waals surface area contributed by atoms with Crippen LogP contribution in [0.2, 0.25) is 0 Å². The van der Waals surface area contributed by atoms with E-state index < -0.39 is 0 Å². The number of ether oxygens (including phenoxy) is 1. The lowest BCUT2D eigenvalue weighted by Gasteiger charge is -2.56. The first-order valence-corrected chi connectivity index (χ1v) is 8.62. The maximum absolute atomic E-state index is 12.4. The van der Waals surface area contributed by atoms with E-state index in [2.05, 4.69) is 4.98 Å². The predicted octanol–water partition coefficient (Wildman–Crippen LogP) is 1.79. The summed E-state index contributed by atoms with van der Waals surface area (Å²) in [6.45, 7) is 4.15. The van der Waals surface area contributed by atoms with Crippen molar-refractivity contribution in [1.29, 1.82) is 0 Å². The molecule has 2 atom stereocenters. The van der Waals surface area contributed by atoms with Crippen molar-refractivity contribution in [1.82, 2.24) is 9.88 Å². The second-order valence-electron chi connectivity index (χ2n) is 6.66. The molecule has 2 aliphatic rings. The van der Waals surface area contributed by atoms with Crippen LogP contribution in [-0.2, 0) is 16.0 Å². The van der Waals surface area contributed by atoms with Crippen molar-refractivity contribution in [3.8, 4) is 0 Å². The lowest BCUT2D eigenvalue weighted by atomic mass is 9.58. The number of nitrogens with zero attached hydrogens (tertiary/aromatic N) is 2. The van der Waals surface area contributed by atoms with Crippen molar-refractivity contribution < 1.29 is 14.6 Å². The summed E-state index contributed by atoms with van der Waals surface area (Å²) >= 11 is 0. The minimum absolute atomic E-state index is 0.113. The van der Waals surface area contributed by atoms with Crippen LogP contribution in [0, 0.1) is 5.41 Å². The Morgan fingerprint density at radius 3 is 2.70 bits per heavy atom. The topological polar surface area (TPSA) is 62.7 Å². The zero-order valence-corrected chi connectivity index (χ0v) is 13.8. The van der Waals surface area contributed by atoms with Crippen molar-refractivity contribution in [3.63, 3.8) is 0 Å². The fraction of sp³-hybridized carbons (Fsp3) is 0.667. The molecule has 2 unspecified atom stereocenters. The molecular formula is C18H26N2O3. The number of rotatable bonds is 5. The summed E-state index contributed by atoms with van der Waals surface area (Å²) in [5.74, 6) is 0.207. The molecule has 1 aromatic heterocycles. The minimum atomic E-state index is -0.270. The monoisotopic (exact) mass is 318 g/mol. The van der Waals surface area contributed by atoms with Crippen molar-refractivity contribution in [2.45, 2.75) is 51.2 Å². The first kappa shape index (κ1) is 16.4. The number of hydrogen-bond acceptors (Lipinski definition) is 4. The van der Waals surface area contributed by atoms with E-state index in [0.29, 0.717) is 13.0 Å². The summed E-state index contributed by atoms with van der Waals surface area (Å²) in [5, 5.41) is 10.2. The minimum Gasteiger partial charge on any atom is -0.392 e. The molecule has 3 rings (SSSR count). The van der Waals surface area contributed by atoms with Gasteiger partial charge in [-0.15, -0.1) is 0 Å². The summed E-state index contributed by atoms with van der Waals surface area (Å²) in [5.41, 5.74) is 1.03. The number of pyridine rings is 1. The van der Waals surface area contributed by atoms with Gasteiger partial charge in [-0.1, -0.05) is 0 Å². The third-order valence-corrected chi connectivity index (χ3v) is 5.53. The summed E-state index contributed by atoms with van der Waals surface area (Å²) in [6.07, 6.45) is 7.14. The van der Waals surface area contributed by atoms with Gasteiger partial charge in [-0.05, 0) is 43.9 Å². The quantitative estimate of drug-likeness (QED) is 0.899. The van der Waals surface area contributed by atoms with E-state index in [-0.39, 0.29) is 23.5 Å². The average Bonchev–Trinajstić information content (AvgIpc) is 2.60. The number of aliphatic hydroxyl groups excluding tert-OH is 1. The summed E-state index contributed by atoms with van der Waals surface area (Å²) in [7, 11) is 0. The van der Waals surface area contributed by atoms with Gasteiger partial charge in [0.15, 0.2) is 0 Å². The lowest BCUT2D eigenvalue weighted by Crippen LogP contribution is -2.62. The number of carbonyl (C=O) groups is 1. The molecule has 2 heterocycles. The summed E-state index contributed by atoms with van der Waals surface area (Å²) in [6, 6.07) is 3.91. The van der Waals surface area contributed by atoms with Gasteiger partial charge in [0.2, 0.25) is 5.91 Å². The Kier molecular flexibility index (Phi) is 4.97. The molecule has 1 spiro atoms. The molecule has 23 heavy (non-hydrogen) atoms. The zero-order valence-electron chi connectivity index (χ0n) is 13.8. The van der Waals surface area contributed by atoms with Crippen LogP contribution < -0.4 is 0 Å². The summed E-state index contributed by atoms with van der Waals surface area (Å²) < 4.78 is 5.77. The number of likely N-dealkylation sites (tertiary alicyclic amines) is 1. The molecule has 1 aromatic rings. The van der Waals surface area contributed by atoms with E-state index in [1.807, 2.05) is 24.0 Å². The van der Waals surface area contributed by atoms with Crippen LogP contribution >= 0.6 is 0 Å². The van der Waals surface area contributed by atoms with Gasteiger partial charge in [0.1, 0.15) is 0 Å². The molecule has 5 heteroatoms. The van der Waals surface area contributed by atoms with Crippen LogP contribution in [0.25, 0.3) is 0 Å². The highest BCUT2D eigenvalue weighted by molar-refractivity contribution is 5.76. The van der Waals surface area contributed by atoms with Crippen molar-refractivity contribution in [2.24, 2.45) is 5.41 Å². The van der Waals surface area contributed by atoms with Crippen molar-refractivity contribution >= 4 is 5.91 Å². The van der Waals surface area contributed by atoms with Crippen LogP contribution in [0.4, 0.5) is 0 Å². The van der Waals surface area contributed by atoms with E-state index in [0.717, 1.165) is 44.3 Å². The second-order valence-corrected chi connectivity index (χ2v) is 6.66. The Morgan fingerprint density at radius 1 is 1.39 bits per heavy atom. The molecule has 1 saturated carbocycles. The second kappa shape index (κ2) is 6.97. The zero-order chi connectivity index (χ0) is 16.3. The Labute approximate surface area is 137 Å². The normalized spacial score (nSPS) is 26.1. The number of hydrogen-bond donors (Lipinski definition) is 1. The van der Waals surface area contributed by atoms with Crippen molar-refractivity contribution in [2.75, 3.05) is 19.7 Å². The SMILES string of the molecule is CCOC1CC(O)C12CCN(C(=O)CCc1ccncc1)CC2. The van der Waals surface area contributed by atoms with Gasteiger partial charge in [-0.2, -0.15) is 0 Å². The Hall–Kier alpha value is -1.46. The van der Waals surface area contributed by atoms with Gasteiger partial charge in [0.25, 0.3) is 0 Å². The van der Waals surface area contributed by atoms with Gasteiger partial charge in [-0.25, -0.2) is 0 Å². The first-order valence-electron chi connectivity index (χ1n) is 8.62. The molecule has 1 N–H and O–H groups in total. The Morgan fingerprint density at radius 2 is 2.09 bits per heavy atom. The maximum atomic E-state index is 12.4. The third-order valence-electron chi connectivity index (χ3n) is 5.53. The average molecular weight is 318 g/mol. The van der Waals surface area contributed by atoms with Crippen LogP contribution in [0.15, 0.2) is 24.5 Å². The molecule has 1 amide bonds. The highest BCUT2D eigenvalue weighted by atomic mass is 16.5. The van der Waals surface area contributed by atoms with Gasteiger partial charge in [0.05, 0.1) is 12.2 Å². The standard InChI is InChI=1S/C18H26N2O3/c1-2-23-16-13-15(21)18(16)7-11-20(12-8-18)17(22)4-3-14-5-9-19-10-6-14/h5-6,9-10,15-16,21H,2-4,7-8,11-13H2,1H3. The number of aliphatic hydroxyl groups is 1. The Balaban J connectivity index is 1.49. The predicted molar refractivity (Wildman–Crippen MR) is 86.8 cm³/mol. The number of amides is 1. The molecule has 2 fully saturated rings.